The molecule has 0 amide bonds. The van der Waals surface area contributed by atoms with Gasteiger partial charge in [-0.2, -0.15) is 0 Å². The highest BCUT2D eigenvalue weighted by Crippen LogP contribution is 2.32. The molecule has 130 valence electrons. The second-order valence-electron chi connectivity index (χ2n) is 6.21. The van der Waals surface area contributed by atoms with Crippen molar-refractivity contribution in [2.24, 2.45) is 0 Å². The Morgan fingerprint density at radius 3 is 2.69 bits per heavy atom. The van der Waals surface area contributed by atoms with E-state index in [1.54, 1.807) is 23.5 Å². The largest absolute Gasteiger partial charge is 0.508 e. The molecule has 5 heteroatoms. The molecule has 2 N–H and O–H groups in total. The lowest BCUT2D eigenvalue weighted by atomic mass is 10.1. The van der Waals surface area contributed by atoms with Crippen molar-refractivity contribution in [3.8, 4) is 17.1 Å². The highest BCUT2D eigenvalue weighted by Gasteiger charge is 2.10. The van der Waals surface area contributed by atoms with Crippen LogP contribution in [0.3, 0.4) is 0 Å². The van der Waals surface area contributed by atoms with E-state index in [0.717, 1.165) is 35.9 Å². The Morgan fingerprint density at radius 1 is 1.04 bits per heavy atom. The van der Waals surface area contributed by atoms with E-state index in [2.05, 4.69) is 33.9 Å². The number of anilines is 1. The molecule has 2 aromatic carbocycles. The van der Waals surface area contributed by atoms with Crippen LogP contribution in [-0.2, 0) is 6.42 Å². The Kier molecular flexibility index (Phi) is 4.54. The van der Waals surface area contributed by atoms with Gasteiger partial charge in [0.25, 0.3) is 0 Å². The van der Waals surface area contributed by atoms with Crippen LogP contribution >= 0.6 is 11.3 Å². The number of phenolic OH excluding ortho intramolecular Hbond substituents is 1. The van der Waals surface area contributed by atoms with Gasteiger partial charge in [-0.1, -0.05) is 30.3 Å². The van der Waals surface area contributed by atoms with Gasteiger partial charge in [0.2, 0.25) is 0 Å². The van der Waals surface area contributed by atoms with Crippen molar-refractivity contribution in [2.45, 2.75) is 13.3 Å². The molecule has 0 atom stereocenters. The van der Waals surface area contributed by atoms with Crippen LogP contribution in [-0.4, -0.2) is 21.6 Å². The monoisotopic (exact) mass is 361 g/mol. The first-order chi connectivity index (χ1) is 12.7. The first kappa shape index (κ1) is 16.5. The molecule has 0 saturated carbocycles. The van der Waals surface area contributed by atoms with Crippen molar-refractivity contribution in [3.63, 3.8) is 0 Å². The van der Waals surface area contributed by atoms with Gasteiger partial charge in [-0.3, -0.25) is 0 Å². The SMILES string of the molecule is Cc1cc(NCCc2ccc(O)cc2)nc(-c2csc3ccccc23)n1. The summed E-state index contributed by atoms with van der Waals surface area (Å²) in [5, 5.41) is 16.1. The normalized spacial score (nSPS) is 11.0. The molecule has 0 aliphatic rings. The number of aromatic hydroxyl groups is 1. The molecule has 2 heterocycles. The zero-order valence-electron chi connectivity index (χ0n) is 14.4. The number of nitrogens with one attached hydrogen (secondary N) is 1. The highest BCUT2D eigenvalue weighted by atomic mass is 32.1. The van der Waals surface area contributed by atoms with Crippen molar-refractivity contribution < 1.29 is 5.11 Å². The number of phenols is 1. The molecule has 0 saturated heterocycles. The molecule has 0 aliphatic heterocycles. The minimum absolute atomic E-state index is 0.292. The molecule has 0 unspecified atom stereocenters. The van der Waals surface area contributed by atoms with Gasteiger partial charge < -0.3 is 10.4 Å². The molecule has 4 rings (SSSR count). The number of hydrogen-bond donors (Lipinski definition) is 2. The molecule has 0 aliphatic carbocycles. The van der Waals surface area contributed by atoms with Crippen molar-refractivity contribution >= 4 is 27.2 Å². The average molecular weight is 361 g/mol. The van der Waals surface area contributed by atoms with Gasteiger partial charge in [0, 0.05) is 39.3 Å². The molecule has 26 heavy (non-hydrogen) atoms. The van der Waals surface area contributed by atoms with Gasteiger partial charge in [0.1, 0.15) is 11.6 Å². The molecule has 0 fully saturated rings. The van der Waals surface area contributed by atoms with E-state index in [1.807, 2.05) is 31.2 Å². The van der Waals surface area contributed by atoms with Gasteiger partial charge in [-0.05, 0) is 37.1 Å². The molecule has 0 radical (unpaired) electrons. The minimum Gasteiger partial charge on any atom is -0.508 e. The van der Waals surface area contributed by atoms with E-state index in [9.17, 15) is 5.11 Å². The topological polar surface area (TPSA) is 58.0 Å². The Hall–Kier alpha value is -2.92. The van der Waals surface area contributed by atoms with Crippen LogP contribution < -0.4 is 5.32 Å². The third-order valence-corrected chi connectivity index (χ3v) is 5.20. The van der Waals surface area contributed by atoms with Crippen LogP contribution in [0.4, 0.5) is 5.82 Å². The summed E-state index contributed by atoms with van der Waals surface area (Å²) in [6.07, 6.45) is 0.861. The Balaban J connectivity index is 1.53. The first-order valence-corrected chi connectivity index (χ1v) is 9.41. The van der Waals surface area contributed by atoms with Crippen molar-refractivity contribution in [2.75, 3.05) is 11.9 Å². The molecule has 2 aromatic heterocycles. The van der Waals surface area contributed by atoms with E-state index in [1.165, 1.54) is 15.6 Å². The third kappa shape index (κ3) is 3.53. The Bertz CT molecular complexity index is 1040. The summed E-state index contributed by atoms with van der Waals surface area (Å²) in [5.41, 5.74) is 3.19. The second kappa shape index (κ2) is 7.14. The van der Waals surface area contributed by atoms with Crippen LogP contribution in [0, 0.1) is 6.92 Å². The average Bonchev–Trinajstić information content (AvgIpc) is 3.07. The van der Waals surface area contributed by atoms with Crippen LogP contribution in [0.15, 0.2) is 60.0 Å². The molecule has 0 spiro atoms. The lowest BCUT2D eigenvalue weighted by molar-refractivity contribution is 0.475. The summed E-state index contributed by atoms with van der Waals surface area (Å²) >= 11 is 1.72. The number of benzene rings is 2. The number of nitrogens with zero attached hydrogens (tertiary/aromatic N) is 2. The fraction of sp³-hybridized carbons (Fsp3) is 0.143. The number of hydrogen-bond acceptors (Lipinski definition) is 5. The summed E-state index contributed by atoms with van der Waals surface area (Å²) in [6, 6.07) is 17.6. The number of fused-ring (bicyclic) bond motifs is 1. The summed E-state index contributed by atoms with van der Waals surface area (Å²) in [4.78, 5) is 9.35. The van der Waals surface area contributed by atoms with Gasteiger partial charge in [0.05, 0.1) is 0 Å². The Morgan fingerprint density at radius 2 is 1.85 bits per heavy atom. The van der Waals surface area contributed by atoms with Crippen molar-refractivity contribution in [3.05, 3.63) is 71.2 Å². The van der Waals surface area contributed by atoms with Crippen LogP contribution in [0.2, 0.25) is 0 Å². The third-order valence-electron chi connectivity index (χ3n) is 4.23. The van der Waals surface area contributed by atoms with Crippen LogP contribution in [0.25, 0.3) is 21.5 Å². The predicted octanol–water partition coefficient (Wildman–Crippen LogP) is 5.03. The second-order valence-corrected chi connectivity index (χ2v) is 7.12. The summed E-state index contributed by atoms with van der Waals surface area (Å²) in [5.74, 6) is 1.89. The van der Waals surface area contributed by atoms with Gasteiger partial charge in [-0.15, -0.1) is 11.3 Å². The predicted molar refractivity (Wildman–Crippen MR) is 108 cm³/mol. The molecule has 0 bridgehead atoms. The zero-order valence-corrected chi connectivity index (χ0v) is 15.3. The van der Waals surface area contributed by atoms with Crippen LogP contribution in [0.1, 0.15) is 11.3 Å². The van der Waals surface area contributed by atoms with E-state index in [4.69, 9.17) is 4.98 Å². The lowest BCUT2D eigenvalue weighted by Gasteiger charge is -2.09. The zero-order chi connectivity index (χ0) is 17.9. The summed E-state index contributed by atoms with van der Waals surface area (Å²) < 4.78 is 1.24. The Labute approximate surface area is 156 Å². The fourth-order valence-corrected chi connectivity index (χ4v) is 3.87. The maximum absolute atomic E-state index is 9.36. The standard InChI is InChI=1S/C21H19N3OS/c1-14-12-20(22-11-10-15-6-8-16(25)9-7-15)24-21(23-14)18-13-26-19-5-3-2-4-17(18)19/h2-9,12-13,25H,10-11H2,1H3,(H,22,23,24). The lowest BCUT2D eigenvalue weighted by Crippen LogP contribution is -2.07. The molecular weight excluding hydrogens is 342 g/mol. The van der Waals surface area contributed by atoms with Gasteiger partial charge >= 0.3 is 0 Å². The van der Waals surface area contributed by atoms with Crippen molar-refractivity contribution in [1.82, 2.24) is 9.97 Å². The number of aryl methyl sites for hydroxylation is 1. The number of rotatable bonds is 5. The van der Waals surface area contributed by atoms with E-state index in [0.29, 0.717) is 5.75 Å². The summed E-state index contributed by atoms with van der Waals surface area (Å²) in [7, 11) is 0. The van der Waals surface area contributed by atoms with Crippen LogP contribution in [0.5, 0.6) is 5.75 Å². The highest BCUT2D eigenvalue weighted by molar-refractivity contribution is 7.17. The summed E-state index contributed by atoms with van der Waals surface area (Å²) in [6.45, 7) is 2.76. The first-order valence-electron chi connectivity index (χ1n) is 8.53. The quantitative estimate of drug-likeness (QED) is 0.524. The molecule has 4 aromatic rings. The van der Waals surface area contributed by atoms with Crippen molar-refractivity contribution in [1.29, 1.82) is 0 Å². The minimum atomic E-state index is 0.292. The molecule has 4 nitrogen and oxygen atoms in total. The van der Waals surface area contributed by atoms with Gasteiger partial charge in [-0.25, -0.2) is 9.97 Å². The number of aromatic nitrogens is 2. The smallest absolute Gasteiger partial charge is 0.163 e. The maximum Gasteiger partial charge on any atom is 0.163 e. The van der Waals surface area contributed by atoms with E-state index >= 15 is 0 Å². The van der Waals surface area contributed by atoms with E-state index in [-0.39, 0.29) is 0 Å². The number of thiophene rings is 1. The fourth-order valence-electron chi connectivity index (χ4n) is 2.93. The molecular formula is C21H19N3OS. The van der Waals surface area contributed by atoms with E-state index < -0.39 is 0 Å². The maximum atomic E-state index is 9.36. The van der Waals surface area contributed by atoms with Gasteiger partial charge in [0.15, 0.2) is 5.82 Å².